The molecule has 0 spiro atoms. The Morgan fingerprint density at radius 3 is 2.41 bits per heavy atom. The van der Waals surface area contributed by atoms with Crippen LogP contribution in [0.15, 0.2) is 47.6 Å². The summed E-state index contributed by atoms with van der Waals surface area (Å²) in [4.78, 5) is 40.0. The molecule has 2 heterocycles. The normalized spacial score (nSPS) is 20.8. The highest BCUT2D eigenvalue weighted by Crippen LogP contribution is 2.39. The van der Waals surface area contributed by atoms with Crippen LogP contribution in [0.3, 0.4) is 0 Å². The van der Waals surface area contributed by atoms with Crippen molar-refractivity contribution in [2.45, 2.75) is 13.0 Å². The van der Waals surface area contributed by atoms with E-state index in [2.05, 4.69) is 5.10 Å². The Balaban J connectivity index is 1.83. The predicted octanol–water partition coefficient (Wildman–Crippen LogP) is 3.21. The fourth-order valence-electron chi connectivity index (χ4n) is 3.57. The van der Waals surface area contributed by atoms with Crippen LogP contribution in [-0.4, -0.2) is 36.6 Å². The first kappa shape index (κ1) is 19.4. The van der Waals surface area contributed by atoms with Gasteiger partial charge in [-0.3, -0.25) is 14.6 Å². The van der Waals surface area contributed by atoms with Gasteiger partial charge in [0.1, 0.15) is 12.0 Å². The number of carbonyl (C=O) groups is 3. The summed E-state index contributed by atoms with van der Waals surface area (Å²) in [7, 11) is 1.20. The molecule has 1 saturated heterocycles. The van der Waals surface area contributed by atoms with E-state index < -0.39 is 29.7 Å². The fourth-order valence-corrected chi connectivity index (χ4v) is 3.87. The molecule has 0 bridgehead atoms. The van der Waals surface area contributed by atoms with Crippen molar-refractivity contribution >= 4 is 58.1 Å². The zero-order valence-electron chi connectivity index (χ0n) is 15.4. The molecule has 2 atom stereocenters. The summed E-state index contributed by atoms with van der Waals surface area (Å²) >= 11 is 12.1. The van der Waals surface area contributed by atoms with Crippen molar-refractivity contribution < 1.29 is 19.1 Å². The molecule has 29 heavy (non-hydrogen) atoms. The van der Waals surface area contributed by atoms with E-state index in [1.165, 1.54) is 12.1 Å². The Bertz CT molecular complexity index is 1070. The van der Waals surface area contributed by atoms with Gasteiger partial charge in [-0.2, -0.15) is 5.10 Å². The number of carbonyl (C=O) groups excluding carboxylic acids is 3. The topological polar surface area (TPSA) is 79.3 Å². The van der Waals surface area contributed by atoms with E-state index in [0.29, 0.717) is 27.0 Å². The third kappa shape index (κ3) is 2.97. The van der Waals surface area contributed by atoms with Crippen LogP contribution in [-0.2, 0) is 19.1 Å². The number of benzene rings is 2. The lowest BCUT2D eigenvalue weighted by Gasteiger charge is -2.23. The van der Waals surface area contributed by atoms with E-state index in [4.69, 9.17) is 27.9 Å². The first-order valence-electron chi connectivity index (χ1n) is 8.69. The summed E-state index contributed by atoms with van der Waals surface area (Å²) in [5, 5.41) is 6.55. The minimum atomic E-state index is -1.08. The number of esters is 1. The molecule has 2 aromatic carbocycles. The van der Waals surface area contributed by atoms with E-state index in [1.54, 1.807) is 49.4 Å². The number of ether oxygens (including phenoxy) is 1. The van der Waals surface area contributed by atoms with Crippen LogP contribution in [0.1, 0.15) is 5.56 Å². The van der Waals surface area contributed by atoms with Gasteiger partial charge in [0, 0.05) is 10.0 Å². The van der Waals surface area contributed by atoms with Gasteiger partial charge in [-0.1, -0.05) is 29.3 Å². The highest BCUT2D eigenvalue weighted by molar-refractivity contribution is 6.47. The summed E-state index contributed by atoms with van der Waals surface area (Å²) in [5.74, 6) is -2.89. The largest absolute Gasteiger partial charge is 0.464 e. The average molecular weight is 432 g/mol. The summed E-state index contributed by atoms with van der Waals surface area (Å²) in [5.41, 5.74) is 1.37. The summed E-state index contributed by atoms with van der Waals surface area (Å²) in [6.45, 7) is 1.72. The van der Waals surface area contributed by atoms with E-state index in [0.717, 1.165) is 4.90 Å². The molecule has 2 aliphatic heterocycles. The zero-order chi connectivity index (χ0) is 20.9. The summed E-state index contributed by atoms with van der Waals surface area (Å²) in [6, 6.07) is 10.6. The third-order valence-corrected chi connectivity index (χ3v) is 5.68. The molecule has 0 aromatic heterocycles. The number of anilines is 2. The van der Waals surface area contributed by atoms with E-state index in [1.807, 2.05) is 0 Å². The number of rotatable bonds is 3. The molecule has 0 saturated carbocycles. The molecule has 2 aromatic rings. The van der Waals surface area contributed by atoms with Gasteiger partial charge in [0.05, 0.1) is 18.5 Å². The number of fused-ring (bicyclic) bond motifs is 1. The second-order valence-electron chi connectivity index (χ2n) is 6.62. The second-order valence-corrected chi connectivity index (χ2v) is 7.46. The van der Waals surface area contributed by atoms with Gasteiger partial charge in [0.25, 0.3) is 5.91 Å². The van der Waals surface area contributed by atoms with Crippen LogP contribution in [0.4, 0.5) is 11.4 Å². The number of methoxy groups -OCH3 is 1. The van der Waals surface area contributed by atoms with Gasteiger partial charge >= 0.3 is 5.97 Å². The fraction of sp³-hybridized carbons (Fsp3) is 0.200. The van der Waals surface area contributed by atoms with E-state index >= 15 is 0 Å². The van der Waals surface area contributed by atoms with E-state index in [-0.39, 0.29) is 5.71 Å². The molecule has 0 unspecified atom stereocenters. The monoisotopic (exact) mass is 431 g/mol. The summed E-state index contributed by atoms with van der Waals surface area (Å²) in [6.07, 6.45) is 0. The number of halogens is 2. The maximum atomic E-state index is 13.3. The highest BCUT2D eigenvalue weighted by Gasteiger charge is 2.59. The predicted molar refractivity (Wildman–Crippen MR) is 109 cm³/mol. The smallest absolute Gasteiger partial charge is 0.355 e. The Morgan fingerprint density at radius 1 is 1.07 bits per heavy atom. The Kier molecular flexibility index (Phi) is 4.80. The van der Waals surface area contributed by atoms with Crippen molar-refractivity contribution in [1.82, 2.24) is 0 Å². The van der Waals surface area contributed by atoms with Gasteiger partial charge in [-0.05, 0) is 48.9 Å². The number of nitrogens with zero attached hydrogens (tertiary/aromatic N) is 3. The Morgan fingerprint density at radius 2 is 1.76 bits per heavy atom. The maximum Gasteiger partial charge on any atom is 0.355 e. The minimum absolute atomic E-state index is 0.118. The zero-order valence-corrected chi connectivity index (χ0v) is 16.9. The van der Waals surface area contributed by atoms with Gasteiger partial charge in [0.2, 0.25) is 5.91 Å². The first-order chi connectivity index (χ1) is 13.8. The average Bonchev–Trinajstić information content (AvgIpc) is 3.22. The van der Waals surface area contributed by atoms with Crippen LogP contribution in [0.25, 0.3) is 0 Å². The van der Waals surface area contributed by atoms with Crippen molar-refractivity contribution in [2.24, 2.45) is 11.0 Å². The lowest BCUT2D eigenvalue weighted by molar-refractivity contribution is -0.133. The van der Waals surface area contributed by atoms with Crippen molar-refractivity contribution in [3.63, 3.8) is 0 Å². The SMILES string of the molecule is COC(=O)C1=NN(c2ccc(Cl)cc2)[C@H]2C(=O)N(c3cccc(Cl)c3C)C(=O)[C@@H]12. The number of hydrogen-bond acceptors (Lipinski definition) is 6. The van der Waals surface area contributed by atoms with Gasteiger partial charge in [0.15, 0.2) is 5.71 Å². The van der Waals surface area contributed by atoms with Gasteiger partial charge in [-0.25, -0.2) is 9.69 Å². The van der Waals surface area contributed by atoms with Crippen molar-refractivity contribution in [3.8, 4) is 0 Å². The van der Waals surface area contributed by atoms with Crippen LogP contribution < -0.4 is 9.91 Å². The molecule has 1 fully saturated rings. The lowest BCUT2D eigenvalue weighted by Crippen LogP contribution is -2.39. The molecule has 9 heteroatoms. The Labute approximate surface area is 176 Å². The molecule has 4 rings (SSSR count). The van der Waals surface area contributed by atoms with E-state index in [9.17, 15) is 14.4 Å². The molecular weight excluding hydrogens is 417 g/mol. The number of hydrogen-bond donors (Lipinski definition) is 0. The highest BCUT2D eigenvalue weighted by atomic mass is 35.5. The summed E-state index contributed by atoms with van der Waals surface area (Å²) < 4.78 is 4.79. The van der Waals surface area contributed by atoms with Crippen LogP contribution in [0.5, 0.6) is 0 Å². The minimum Gasteiger partial charge on any atom is -0.464 e. The second kappa shape index (κ2) is 7.17. The molecule has 2 amide bonds. The molecule has 2 aliphatic rings. The van der Waals surface area contributed by atoms with Gasteiger partial charge < -0.3 is 4.74 Å². The first-order valence-corrected chi connectivity index (χ1v) is 9.45. The number of hydrazone groups is 1. The van der Waals surface area contributed by atoms with Crippen LogP contribution in [0.2, 0.25) is 10.0 Å². The molecule has 148 valence electrons. The number of imide groups is 1. The van der Waals surface area contributed by atoms with Crippen LogP contribution in [0, 0.1) is 12.8 Å². The van der Waals surface area contributed by atoms with Crippen LogP contribution >= 0.6 is 23.2 Å². The molecule has 7 nitrogen and oxygen atoms in total. The maximum absolute atomic E-state index is 13.3. The third-order valence-electron chi connectivity index (χ3n) is 5.01. The standard InChI is InChI=1S/C20H15Cl2N3O4/c1-10-13(22)4-3-5-14(10)24-18(26)15-16(20(28)29-2)23-25(17(15)19(24)27)12-8-6-11(21)7-9-12/h3-9,15,17H,1-2H3/t15-,17+/m0/s1. The molecule has 0 aliphatic carbocycles. The number of amides is 2. The van der Waals surface area contributed by atoms with Crippen molar-refractivity contribution in [3.05, 3.63) is 58.1 Å². The van der Waals surface area contributed by atoms with Crippen molar-refractivity contribution in [2.75, 3.05) is 17.0 Å². The molecule has 0 N–H and O–H groups in total. The van der Waals surface area contributed by atoms with Gasteiger partial charge in [-0.15, -0.1) is 0 Å². The Hall–Kier alpha value is -2.90. The molecular formula is C20H15Cl2N3O4. The lowest BCUT2D eigenvalue weighted by atomic mass is 9.98. The van der Waals surface area contributed by atoms with Crippen molar-refractivity contribution in [1.29, 1.82) is 0 Å². The molecule has 0 radical (unpaired) electrons. The quantitative estimate of drug-likeness (QED) is 0.550.